The molecule has 19 nitrogen and oxygen atoms in total. The van der Waals surface area contributed by atoms with E-state index in [1.54, 1.807) is 6.08 Å². The minimum absolute atomic E-state index is 0.230. The largest absolute Gasteiger partial charge is 0.394 e. The smallest absolute Gasteiger partial charge is 0.220 e. The number of carbonyl (C=O) groups excluding carboxylic acids is 1. The number of ether oxygens (including phenoxy) is 6. The molecule has 3 aliphatic rings. The fourth-order valence-corrected chi connectivity index (χ4v) is 13.8. The van der Waals surface area contributed by atoms with E-state index in [2.05, 4.69) is 92.1 Å². The minimum atomic E-state index is -1.99. The Labute approximate surface area is 629 Å². The molecule has 3 fully saturated rings. The summed E-state index contributed by atoms with van der Waals surface area (Å²) in [6, 6.07) is -0.997. The van der Waals surface area contributed by atoms with Crippen LogP contribution < -0.4 is 5.32 Å². The van der Waals surface area contributed by atoms with Crippen molar-refractivity contribution in [3.8, 4) is 0 Å². The molecular weight excluding hydrogens is 1320 g/mol. The molecule has 104 heavy (non-hydrogen) atoms. The summed E-state index contributed by atoms with van der Waals surface area (Å²) in [5, 5.41) is 121. The van der Waals surface area contributed by atoms with Crippen LogP contribution in [0.4, 0.5) is 0 Å². The second-order valence-corrected chi connectivity index (χ2v) is 29.6. The first-order chi connectivity index (χ1) is 50.8. The maximum atomic E-state index is 13.5. The molecule has 3 heterocycles. The van der Waals surface area contributed by atoms with Gasteiger partial charge in [-0.25, -0.2) is 0 Å². The molecule has 1 amide bonds. The lowest BCUT2D eigenvalue weighted by molar-refractivity contribution is -0.379. The number of rotatable bonds is 66. The van der Waals surface area contributed by atoms with E-state index in [9.17, 15) is 61.0 Å². The Morgan fingerprint density at radius 1 is 0.356 bits per heavy atom. The number of unbranched alkanes of at least 4 members (excludes halogenated alkanes) is 38. The summed E-state index contributed by atoms with van der Waals surface area (Å²) in [5.74, 6) is -0.286. The Kier molecular flexibility index (Phi) is 59.3. The van der Waals surface area contributed by atoms with Gasteiger partial charge >= 0.3 is 0 Å². The van der Waals surface area contributed by atoms with E-state index in [-0.39, 0.29) is 18.9 Å². The van der Waals surface area contributed by atoms with Gasteiger partial charge in [-0.2, -0.15) is 0 Å². The van der Waals surface area contributed by atoms with Crippen LogP contribution in [0.2, 0.25) is 0 Å². The second-order valence-electron chi connectivity index (χ2n) is 29.6. The standard InChI is InChI=1S/C85H151NO18/c1-3-5-7-9-11-13-15-17-19-21-23-25-27-29-31-33-35-36-38-40-42-44-46-48-50-52-54-56-58-60-62-69(90)68(86-73(91)63-61-59-57-55-53-51-49-47-45-43-41-39-37-34-32-30-28-26-24-22-20-18-16-14-12-10-8-6-4-2)67-99-83-79(97)76(94)81(71(65-88)101-83)104-85-80(98)77(95)82(72(66-89)102-85)103-84-78(96)75(93)74(92)70(64-87)100-84/h6,8,12,14,18,20,24,26,30,32,52,54,60,62,68-72,74-85,87-90,92-98H,3-5,7,9-11,13,15-17,19,21-23,25,27-29,31,33-51,53,55-59,61,63-67H2,1-2H3,(H,86,91)/b8-6-,14-12-,20-18-,26-24-,32-30-,54-52+,62-60+. The number of aliphatic hydroxyl groups excluding tert-OH is 11. The highest BCUT2D eigenvalue weighted by molar-refractivity contribution is 5.76. The van der Waals surface area contributed by atoms with Gasteiger partial charge in [0, 0.05) is 6.42 Å². The first kappa shape index (κ1) is 95.2. The average Bonchev–Trinajstić information content (AvgIpc) is 0.781. The third kappa shape index (κ3) is 44.0. The number of aliphatic hydroxyl groups is 11. The summed E-state index contributed by atoms with van der Waals surface area (Å²) >= 11 is 0. The summed E-state index contributed by atoms with van der Waals surface area (Å²) in [5.41, 5.74) is 0. The molecule has 0 bridgehead atoms. The lowest BCUT2D eigenvalue weighted by atomic mass is 9.96. The fourth-order valence-electron chi connectivity index (χ4n) is 13.8. The van der Waals surface area contributed by atoms with Crippen LogP contribution in [0.1, 0.15) is 316 Å². The van der Waals surface area contributed by atoms with E-state index in [4.69, 9.17) is 28.4 Å². The summed E-state index contributed by atoms with van der Waals surface area (Å²) in [6.07, 6.45) is 60.0. The number of hydrogen-bond acceptors (Lipinski definition) is 18. The van der Waals surface area contributed by atoms with Gasteiger partial charge in [0.2, 0.25) is 5.91 Å². The zero-order chi connectivity index (χ0) is 75.3. The molecule has 19 heteroatoms. The highest BCUT2D eigenvalue weighted by Gasteiger charge is 2.54. The number of allylic oxidation sites excluding steroid dienone is 13. The Bertz CT molecular complexity index is 2210. The van der Waals surface area contributed by atoms with Crippen LogP contribution in [-0.4, -0.2) is 193 Å². The summed E-state index contributed by atoms with van der Waals surface area (Å²) < 4.78 is 34.5. The molecule has 604 valence electrons. The van der Waals surface area contributed by atoms with E-state index in [0.29, 0.717) is 12.8 Å². The molecule has 0 saturated carbocycles. The van der Waals surface area contributed by atoms with Crippen molar-refractivity contribution in [2.24, 2.45) is 0 Å². The third-order valence-corrected chi connectivity index (χ3v) is 20.4. The molecule has 3 aliphatic heterocycles. The van der Waals surface area contributed by atoms with Crippen LogP contribution in [0.25, 0.3) is 0 Å². The molecule has 17 unspecified atom stereocenters. The van der Waals surface area contributed by atoms with Gasteiger partial charge in [0.25, 0.3) is 0 Å². The van der Waals surface area contributed by atoms with Gasteiger partial charge in [0.05, 0.1) is 38.6 Å². The first-order valence-electron chi connectivity index (χ1n) is 41.8. The molecule has 3 saturated heterocycles. The van der Waals surface area contributed by atoms with Crippen LogP contribution in [-0.2, 0) is 33.2 Å². The summed E-state index contributed by atoms with van der Waals surface area (Å²) in [4.78, 5) is 13.5. The van der Waals surface area contributed by atoms with Crippen molar-refractivity contribution in [2.45, 2.75) is 420 Å². The molecule has 3 rings (SSSR count). The Balaban J connectivity index is 1.38. The second kappa shape index (κ2) is 64.8. The molecule has 0 aromatic heterocycles. The van der Waals surface area contributed by atoms with E-state index >= 15 is 0 Å². The van der Waals surface area contributed by atoms with Gasteiger partial charge in [0.1, 0.15) is 73.2 Å². The predicted octanol–water partition coefficient (Wildman–Crippen LogP) is 14.6. The van der Waals surface area contributed by atoms with Crippen molar-refractivity contribution in [2.75, 3.05) is 26.4 Å². The number of carbonyl (C=O) groups is 1. The summed E-state index contributed by atoms with van der Waals surface area (Å²) in [6.45, 7) is 1.64. The first-order valence-corrected chi connectivity index (χ1v) is 41.8. The van der Waals surface area contributed by atoms with Crippen molar-refractivity contribution in [3.05, 3.63) is 85.1 Å². The van der Waals surface area contributed by atoms with Crippen LogP contribution in [0.5, 0.6) is 0 Å². The Hall–Kier alpha value is -3.03. The van der Waals surface area contributed by atoms with Gasteiger partial charge in [0.15, 0.2) is 18.9 Å². The molecule has 17 atom stereocenters. The molecule has 0 aromatic rings. The average molecular weight is 1480 g/mol. The Morgan fingerprint density at radius 3 is 1.08 bits per heavy atom. The predicted molar refractivity (Wildman–Crippen MR) is 415 cm³/mol. The van der Waals surface area contributed by atoms with E-state index < -0.39 is 124 Å². The topological polar surface area (TPSA) is 307 Å². The van der Waals surface area contributed by atoms with Gasteiger partial charge < -0.3 is 89.9 Å². The van der Waals surface area contributed by atoms with Crippen LogP contribution in [0.3, 0.4) is 0 Å². The maximum absolute atomic E-state index is 13.5. The van der Waals surface area contributed by atoms with E-state index in [0.717, 1.165) is 83.5 Å². The number of hydrogen-bond donors (Lipinski definition) is 12. The van der Waals surface area contributed by atoms with Crippen LogP contribution in [0.15, 0.2) is 85.1 Å². The van der Waals surface area contributed by atoms with E-state index in [1.807, 2.05) is 6.08 Å². The zero-order valence-corrected chi connectivity index (χ0v) is 64.7. The molecular formula is C85H151NO18. The van der Waals surface area contributed by atoms with Crippen LogP contribution in [0, 0.1) is 0 Å². The quantitative estimate of drug-likeness (QED) is 0.0199. The van der Waals surface area contributed by atoms with Gasteiger partial charge in [-0.15, -0.1) is 0 Å². The normalized spacial score (nSPS) is 26.3. The molecule has 0 radical (unpaired) electrons. The van der Waals surface area contributed by atoms with E-state index in [1.165, 1.54) is 199 Å². The minimum Gasteiger partial charge on any atom is -0.394 e. The SMILES string of the molecule is CC/C=C\C/C=C\C/C=C\C/C=C\C/C=C\CCCCCCCCCCCCCCCC(=O)NC(COC1OC(CO)C(OC2OC(CO)C(OC3OC(CO)C(O)C(O)C3O)C(O)C2O)C(O)C1O)C(O)/C=C/CC/C=C/CCCCCCCCCCCCCCCCCCCCCCCCCC. The van der Waals surface area contributed by atoms with Crippen molar-refractivity contribution in [1.29, 1.82) is 0 Å². The third-order valence-electron chi connectivity index (χ3n) is 20.4. The van der Waals surface area contributed by atoms with Gasteiger partial charge in [-0.1, -0.05) is 317 Å². The fraction of sp³-hybridized carbons (Fsp3) is 0.824. The zero-order valence-electron chi connectivity index (χ0n) is 64.7. The molecule has 0 aliphatic carbocycles. The van der Waals surface area contributed by atoms with Crippen molar-refractivity contribution in [3.63, 3.8) is 0 Å². The number of amides is 1. The van der Waals surface area contributed by atoms with Gasteiger partial charge in [-0.3, -0.25) is 4.79 Å². The monoisotopic (exact) mass is 1470 g/mol. The lowest BCUT2D eigenvalue weighted by Crippen LogP contribution is -2.66. The van der Waals surface area contributed by atoms with Crippen molar-refractivity contribution < 1.29 is 89.4 Å². The maximum Gasteiger partial charge on any atom is 0.220 e. The van der Waals surface area contributed by atoms with Crippen LogP contribution >= 0.6 is 0 Å². The van der Waals surface area contributed by atoms with Crippen molar-refractivity contribution in [1.82, 2.24) is 5.32 Å². The molecule has 12 N–H and O–H groups in total. The van der Waals surface area contributed by atoms with Gasteiger partial charge in [-0.05, 0) is 77.0 Å². The highest BCUT2D eigenvalue weighted by Crippen LogP contribution is 2.33. The molecule has 0 aromatic carbocycles. The highest BCUT2D eigenvalue weighted by atomic mass is 16.8. The molecule has 0 spiro atoms. The summed E-state index contributed by atoms with van der Waals surface area (Å²) in [7, 11) is 0. The number of nitrogens with one attached hydrogen (secondary N) is 1. The Morgan fingerprint density at radius 2 is 0.673 bits per heavy atom. The lowest BCUT2D eigenvalue weighted by Gasteiger charge is -2.48. The van der Waals surface area contributed by atoms with Crippen molar-refractivity contribution >= 4 is 5.91 Å².